The molecule has 0 atom stereocenters. The van der Waals surface area contributed by atoms with Crippen LogP contribution in [0.15, 0.2) is 35.9 Å². The minimum absolute atomic E-state index is 0.0506. The number of nitrogens with one attached hydrogen (secondary N) is 1. The molecular formula is C20H16Cl4N2O2. The van der Waals surface area contributed by atoms with Gasteiger partial charge in [-0.2, -0.15) is 5.26 Å². The highest BCUT2D eigenvalue weighted by atomic mass is 35.5. The first-order chi connectivity index (χ1) is 13.2. The van der Waals surface area contributed by atoms with Gasteiger partial charge in [0, 0.05) is 6.04 Å². The summed E-state index contributed by atoms with van der Waals surface area (Å²) in [5.41, 5.74) is 1.25. The summed E-state index contributed by atoms with van der Waals surface area (Å²) < 4.78 is 5.70. The average molecular weight is 458 g/mol. The van der Waals surface area contributed by atoms with E-state index in [1.807, 2.05) is 6.07 Å². The summed E-state index contributed by atoms with van der Waals surface area (Å²) in [7, 11) is 0. The van der Waals surface area contributed by atoms with Gasteiger partial charge in [0.05, 0.1) is 20.1 Å². The van der Waals surface area contributed by atoms with E-state index in [2.05, 4.69) is 5.32 Å². The minimum Gasteiger partial charge on any atom is -0.486 e. The molecule has 1 N–H and O–H groups in total. The van der Waals surface area contributed by atoms with Crippen molar-refractivity contribution in [3.8, 4) is 11.8 Å². The number of halogens is 4. The predicted molar refractivity (Wildman–Crippen MR) is 114 cm³/mol. The lowest BCUT2D eigenvalue weighted by molar-refractivity contribution is -0.117. The van der Waals surface area contributed by atoms with Crippen molar-refractivity contribution in [3.63, 3.8) is 0 Å². The maximum Gasteiger partial charge on any atom is 0.262 e. The summed E-state index contributed by atoms with van der Waals surface area (Å²) in [6.07, 6.45) is 1.41. The van der Waals surface area contributed by atoms with Gasteiger partial charge in [0.15, 0.2) is 5.75 Å². The second kappa shape index (κ2) is 10.0. The van der Waals surface area contributed by atoms with E-state index in [4.69, 9.17) is 51.1 Å². The predicted octanol–water partition coefficient (Wildman–Crippen LogP) is 6.31. The second-order valence-electron chi connectivity index (χ2n) is 6.15. The molecule has 0 bridgehead atoms. The Balaban J connectivity index is 2.22. The van der Waals surface area contributed by atoms with Crippen LogP contribution >= 0.6 is 46.4 Å². The number of carbonyl (C=O) groups excluding carboxylic acids is 1. The topological polar surface area (TPSA) is 62.1 Å². The van der Waals surface area contributed by atoms with Crippen molar-refractivity contribution >= 4 is 58.4 Å². The molecule has 0 aromatic heterocycles. The van der Waals surface area contributed by atoms with Crippen molar-refractivity contribution in [2.24, 2.45) is 0 Å². The smallest absolute Gasteiger partial charge is 0.262 e. The quantitative estimate of drug-likeness (QED) is 0.408. The van der Waals surface area contributed by atoms with Gasteiger partial charge in [-0.15, -0.1) is 0 Å². The molecule has 8 heteroatoms. The molecule has 0 spiro atoms. The van der Waals surface area contributed by atoms with Crippen LogP contribution in [0.3, 0.4) is 0 Å². The summed E-state index contributed by atoms with van der Waals surface area (Å²) in [6, 6.07) is 10.1. The highest BCUT2D eigenvalue weighted by molar-refractivity contribution is 6.42. The van der Waals surface area contributed by atoms with Crippen molar-refractivity contribution < 1.29 is 9.53 Å². The summed E-state index contributed by atoms with van der Waals surface area (Å²) in [4.78, 5) is 12.0. The lowest BCUT2D eigenvalue weighted by Crippen LogP contribution is -2.30. The van der Waals surface area contributed by atoms with Crippen LogP contribution in [0.25, 0.3) is 6.08 Å². The fraction of sp³-hybridized carbons (Fsp3) is 0.200. The number of carbonyl (C=O) groups is 1. The standard InChI is InChI=1S/C20H16Cl4N2O2/c1-11(2)26-20(27)14(9-25)5-13-7-17(23)19(18(24)8-13)28-10-12-3-4-15(21)16(22)6-12/h3-8,11H,10H2,1-2H3,(H,26,27)/b14-5-. The monoisotopic (exact) mass is 456 g/mol. The van der Waals surface area contributed by atoms with E-state index < -0.39 is 5.91 Å². The van der Waals surface area contributed by atoms with E-state index in [1.54, 1.807) is 44.2 Å². The summed E-state index contributed by atoms with van der Waals surface area (Å²) >= 11 is 24.4. The van der Waals surface area contributed by atoms with Gasteiger partial charge in [-0.1, -0.05) is 52.5 Å². The SMILES string of the molecule is CC(C)NC(=O)/C(C#N)=C\c1cc(Cl)c(OCc2ccc(Cl)c(Cl)c2)c(Cl)c1. The summed E-state index contributed by atoms with van der Waals surface area (Å²) in [5, 5.41) is 13.3. The molecule has 0 aliphatic rings. The van der Waals surface area contributed by atoms with Crippen molar-refractivity contribution in [3.05, 3.63) is 67.1 Å². The maximum atomic E-state index is 12.0. The third-order valence-electron chi connectivity index (χ3n) is 3.48. The van der Waals surface area contributed by atoms with Gasteiger partial charge in [-0.05, 0) is 55.3 Å². The van der Waals surface area contributed by atoms with Gasteiger partial charge < -0.3 is 10.1 Å². The van der Waals surface area contributed by atoms with Crippen LogP contribution in [0, 0.1) is 11.3 Å². The molecule has 2 aromatic rings. The average Bonchev–Trinajstić information content (AvgIpc) is 2.61. The molecule has 2 rings (SSSR count). The summed E-state index contributed by atoms with van der Waals surface area (Å²) in [6.45, 7) is 3.80. The minimum atomic E-state index is -0.468. The number of benzene rings is 2. The second-order valence-corrected chi connectivity index (χ2v) is 7.78. The third kappa shape index (κ3) is 6.05. The zero-order valence-electron chi connectivity index (χ0n) is 15.0. The van der Waals surface area contributed by atoms with E-state index in [0.717, 1.165) is 5.56 Å². The van der Waals surface area contributed by atoms with Crippen LogP contribution in [0.2, 0.25) is 20.1 Å². The van der Waals surface area contributed by atoms with Gasteiger partial charge in [0.25, 0.3) is 5.91 Å². The Morgan fingerprint density at radius 3 is 2.29 bits per heavy atom. The number of hydrogen-bond donors (Lipinski definition) is 1. The molecule has 0 saturated heterocycles. The molecule has 1 amide bonds. The van der Waals surface area contributed by atoms with Gasteiger partial charge in [0.1, 0.15) is 18.2 Å². The van der Waals surface area contributed by atoms with Crippen LogP contribution in [-0.2, 0) is 11.4 Å². The van der Waals surface area contributed by atoms with E-state index in [9.17, 15) is 10.1 Å². The fourth-order valence-corrected chi connectivity index (χ4v) is 3.17. The molecule has 0 aliphatic carbocycles. The van der Waals surface area contributed by atoms with E-state index in [0.29, 0.717) is 15.6 Å². The Kier molecular flexibility index (Phi) is 8.03. The molecule has 0 heterocycles. The number of amides is 1. The lowest BCUT2D eigenvalue weighted by atomic mass is 10.1. The first kappa shape index (κ1) is 22.4. The van der Waals surface area contributed by atoms with Crippen molar-refractivity contribution in [2.75, 3.05) is 0 Å². The zero-order chi connectivity index (χ0) is 20.8. The molecule has 146 valence electrons. The summed E-state index contributed by atoms with van der Waals surface area (Å²) in [5.74, 6) is -0.179. The fourth-order valence-electron chi connectivity index (χ4n) is 2.24. The highest BCUT2D eigenvalue weighted by Crippen LogP contribution is 2.35. The Morgan fingerprint density at radius 2 is 1.75 bits per heavy atom. The number of nitriles is 1. The largest absolute Gasteiger partial charge is 0.486 e. The molecule has 4 nitrogen and oxygen atoms in total. The molecule has 0 unspecified atom stereocenters. The van der Waals surface area contributed by atoms with Crippen LogP contribution in [0.5, 0.6) is 5.75 Å². The number of nitrogens with zero attached hydrogens (tertiary/aromatic N) is 1. The van der Waals surface area contributed by atoms with Crippen LogP contribution in [0.4, 0.5) is 0 Å². The Labute approximate surface area is 183 Å². The van der Waals surface area contributed by atoms with Gasteiger partial charge in [0.2, 0.25) is 0 Å². The molecule has 0 radical (unpaired) electrons. The molecular weight excluding hydrogens is 442 g/mol. The first-order valence-corrected chi connectivity index (χ1v) is 9.71. The van der Waals surface area contributed by atoms with E-state index >= 15 is 0 Å². The Hall–Kier alpha value is -1.90. The lowest BCUT2D eigenvalue weighted by Gasteiger charge is -2.12. The molecule has 0 aliphatic heterocycles. The molecule has 28 heavy (non-hydrogen) atoms. The van der Waals surface area contributed by atoms with Crippen LogP contribution < -0.4 is 10.1 Å². The molecule has 2 aromatic carbocycles. The van der Waals surface area contributed by atoms with Gasteiger partial charge in [-0.25, -0.2) is 0 Å². The van der Waals surface area contributed by atoms with Crippen molar-refractivity contribution in [1.82, 2.24) is 5.32 Å². The van der Waals surface area contributed by atoms with Gasteiger partial charge >= 0.3 is 0 Å². The number of ether oxygens (including phenoxy) is 1. The van der Waals surface area contributed by atoms with Crippen molar-refractivity contribution in [1.29, 1.82) is 5.26 Å². The first-order valence-electron chi connectivity index (χ1n) is 8.19. The Morgan fingerprint density at radius 1 is 1.11 bits per heavy atom. The van der Waals surface area contributed by atoms with E-state index in [1.165, 1.54) is 6.08 Å². The van der Waals surface area contributed by atoms with Gasteiger partial charge in [-0.3, -0.25) is 4.79 Å². The normalized spacial score (nSPS) is 11.3. The van der Waals surface area contributed by atoms with Crippen LogP contribution in [-0.4, -0.2) is 11.9 Å². The third-order valence-corrected chi connectivity index (χ3v) is 4.78. The maximum absolute atomic E-state index is 12.0. The number of rotatable bonds is 6. The highest BCUT2D eigenvalue weighted by Gasteiger charge is 2.13. The number of hydrogen-bond acceptors (Lipinski definition) is 3. The Bertz CT molecular complexity index is 942. The van der Waals surface area contributed by atoms with Crippen LogP contribution in [0.1, 0.15) is 25.0 Å². The zero-order valence-corrected chi connectivity index (χ0v) is 18.0. The molecule has 0 saturated carbocycles. The van der Waals surface area contributed by atoms with E-state index in [-0.39, 0.29) is 34.0 Å². The molecule has 0 fully saturated rings. The van der Waals surface area contributed by atoms with Crippen molar-refractivity contribution in [2.45, 2.75) is 26.5 Å².